The maximum atomic E-state index is 11.5. The Labute approximate surface area is 91.2 Å². The van der Waals surface area contributed by atoms with Crippen molar-refractivity contribution in [3.05, 3.63) is 27.7 Å². The van der Waals surface area contributed by atoms with E-state index in [0.717, 1.165) is 10.7 Å². The molecule has 2 rings (SSSR count). The van der Waals surface area contributed by atoms with Gasteiger partial charge in [-0.1, -0.05) is 0 Å². The Morgan fingerprint density at radius 3 is 2.60 bits per heavy atom. The van der Waals surface area contributed by atoms with Gasteiger partial charge in [0.05, 0.1) is 17.2 Å². The van der Waals surface area contributed by atoms with E-state index in [4.69, 9.17) is 0 Å². The van der Waals surface area contributed by atoms with Crippen LogP contribution in [0.1, 0.15) is 17.6 Å². The van der Waals surface area contributed by atoms with Gasteiger partial charge in [0, 0.05) is 17.0 Å². The van der Waals surface area contributed by atoms with Crippen molar-refractivity contribution in [1.29, 1.82) is 0 Å². The molecule has 0 saturated heterocycles. The van der Waals surface area contributed by atoms with Crippen LogP contribution in [0.4, 0.5) is 0 Å². The molecule has 0 atom stereocenters. The van der Waals surface area contributed by atoms with Crippen molar-refractivity contribution >= 4 is 23.2 Å². The minimum absolute atomic E-state index is 0.217. The molecule has 0 N–H and O–H groups in total. The van der Waals surface area contributed by atoms with Crippen LogP contribution in [0.5, 0.6) is 0 Å². The molecule has 1 aromatic heterocycles. The van der Waals surface area contributed by atoms with E-state index in [1.54, 1.807) is 6.92 Å². The van der Waals surface area contributed by atoms with Crippen LogP contribution in [0.25, 0.3) is 0 Å². The summed E-state index contributed by atoms with van der Waals surface area (Å²) in [6.45, 7) is 3.81. The minimum atomic E-state index is -0.247. The van der Waals surface area contributed by atoms with E-state index in [0.29, 0.717) is 5.57 Å². The number of thiazole rings is 1. The van der Waals surface area contributed by atoms with Gasteiger partial charge in [-0.15, -0.1) is 11.3 Å². The van der Waals surface area contributed by atoms with E-state index >= 15 is 0 Å². The number of carbonyl (C=O) groups is 2. The van der Waals surface area contributed by atoms with Gasteiger partial charge in [-0.05, 0) is 13.8 Å². The molecule has 0 unspecified atom stereocenters. The predicted molar refractivity (Wildman–Crippen MR) is 56.2 cm³/mol. The van der Waals surface area contributed by atoms with Crippen molar-refractivity contribution in [1.82, 2.24) is 9.88 Å². The Hall–Kier alpha value is -1.49. The highest BCUT2D eigenvalue weighted by atomic mass is 32.1. The van der Waals surface area contributed by atoms with Gasteiger partial charge in [0.15, 0.2) is 0 Å². The zero-order valence-corrected chi connectivity index (χ0v) is 9.30. The summed E-state index contributed by atoms with van der Waals surface area (Å²) < 4.78 is 0. The average Bonchev–Trinajstić information content (AvgIpc) is 2.67. The third-order valence-corrected chi connectivity index (χ3v) is 3.00. The van der Waals surface area contributed by atoms with Crippen LogP contribution in [0.3, 0.4) is 0 Å². The molecule has 0 bridgehead atoms. The SMILES string of the molecule is CC1=CC(=O)N(Cc2csc(C)n2)C1=O. The molecular weight excluding hydrogens is 212 g/mol. The second-order valence-corrected chi connectivity index (χ2v) is 4.48. The van der Waals surface area contributed by atoms with Crippen LogP contribution in [0.15, 0.2) is 17.0 Å². The van der Waals surface area contributed by atoms with E-state index in [-0.39, 0.29) is 18.4 Å². The molecule has 0 spiro atoms. The Bertz CT molecular complexity index is 462. The highest BCUT2D eigenvalue weighted by molar-refractivity contribution is 7.09. The molecular formula is C10H10N2O2S. The van der Waals surface area contributed by atoms with Crippen LogP contribution in [0, 0.1) is 6.92 Å². The summed E-state index contributed by atoms with van der Waals surface area (Å²) in [5, 5.41) is 2.80. The average molecular weight is 222 g/mol. The minimum Gasteiger partial charge on any atom is -0.269 e. The molecule has 1 aliphatic rings. The summed E-state index contributed by atoms with van der Waals surface area (Å²) in [4.78, 5) is 28.4. The number of carbonyl (C=O) groups excluding carboxylic acids is 2. The Morgan fingerprint density at radius 2 is 2.13 bits per heavy atom. The molecule has 2 amide bonds. The lowest BCUT2D eigenvalue weighted by molar-refractivity contribution is -0.137. The smallest absolute Gasteiger partial charge is 0.256 e. The second kappa shape index (κ2) is 3.58. The fourth-order valence-corrected chi connectivity index (χ4v) is 2.03. The van der Waals surface area contributed by atoms with Crippen LogP contribution in [-0.2, 0) is 16.1 Å². The molecule has 4 nitrogen and oxygen atoms in total. The molecule has 0 saturated carbocycles. The van der Waals surface area contributed by atoms with Crippen LogP contribution in [-0.4, -0.2) is 21.7 Å². The summed E-state index contributed by atoms with van der Waals surface area (Å²) in [6.07, 6.45) is 1.36. The van der Waals surface area contributed by atoms with Gasteiger partial charge in [0.25, 0.3) is 11.8 Å². The number of aryl methyl sites for hydroxylation is 1. The summed E-state index contributed by atoms with van der Waals surface area (Å²) in [5.41, 5.74) is 1.26. The van der Waals surface area contributed by atoms with E-state index < -0.39 is 0 Å². The summed E-state index contributed by atoms with van der Waals surface area (Å²) in [7, 11) is 0. The number of hydrogen-bond donors (Lipinski definition) is 0. The Morgan fingerprint density at radius 1 is 1.40 bits per heavy atom. The van der Waals surface area contributed by atoms with Gasteiger partial charge in [-0.25, -0.2) is 4.98 Å². The fourth-order valence-electron chi connectivity index (χ4n) is 1.43. The van der Waals surface area contributed by atoms with Gasteiger partial charge >= 0.3 is 0 Å². The lowest BCUT2D eigenvalue weighted by Crippen LogP contribution is -2.30. The molecule has 0 aromatic carbocycles. The predicted octanol–water partition coefficient (Wildman–Crippen LogP) is 1.27. The van der Waals surface area contributed by atoms with E-state index in [9.17, 15) is 9.59 Å². The van der Waals surface area contributed by atoms with E-state index in [2.05, 4.69) is 4.98 Å². The van der Waals surface area contributed by atoms with Crippen molar-refractivity contribution in [3.63, 3.8) is 0 Å². The van der Waals surface area contributed by atoms with Gasteiger partial charge < -0.3 is 0 Å². The van der Waals surface area contributed by atoms with Crippen molar-refractivity contribution in [3.8, 4) is 0 Å². The summed E-state index contributed by atoms with van der Waals surface area (Å²) in [5.74, 6) is -0.464. The number of imide groups is 1. The van der Waals surface area contributed by atoms with Crippen molar-refractivity contribution < 1.29 is 9.59 Å². The molecule has 0 aliphatic carbocycles. The zero-order chi connectivity index (χ0) is 11.0. The highest BCUT2D eigenvalue weighted by Gasteiger charge is 2.28. The highest BCUT2D eigenvalue weighted by Crippen LogP contribution is 2.16. The zero-order valence-electron chi connectivity index (χ0n) is 8.48. The summed E-state index contributed by atoms with van der Waals surface area (Å²) in [6, 6.07) is 0. The van der Waals surface area contributed by atoms with Gasteiger partial charge in [-0.3, -0.25) is 14.5 Å². The van der Waals surface area contributed by atoms with Crippen molar-refractivity contribution in [2.24, 2.45) is 0 Å². The Balaban J connectivity index is 2.15. The van der Waals surface area contributed by atoms with Gasteiger partial charge in [-0.2, -0.15) is 0 Å². The monoisotopic (exact) mass is 222 g/mol. The fraction of sp³-hybridized carbons (Fsp3) is 0.300. The third kappa shape index (κ3) is 1.83. The lowest BCUT2D eigenvalue weighted by atomic mass is 10.3. The maximum absolute atomic E-state index is 11.5. The van der Waals surface area contributed by atoms with E-state index in [1.807, 2.05) is 12.3 Å². The molecule has 0 fully saturated rings. The lowest BCUT2D eigenvalue weighted by Gasteiger charge is -2.12. The first-order valence-corrected chi connectivity index (χ1v) is 5.41. The first kappa shape index (κ1) is 10.0. The molecule has 1 aliphatic heterocycles. The first-order chi connectivity index (χ1) is 7.08. The number of amides is 2. The van der Waals surface area contributed by atoms with Gasteiger partial charge in [0.1, 0.15) is 0 Å². The molecule has 0 radical (unpaired) electrons. The quantitative estimate of drug-likeness (QED) is 0.708. The van der Waals surface area contributed by atoms with Crippen molar-refractivity contribution in [2.75, 3.05) is 0 Å². The van der Waals surface area contributed by atoms with Crippen LogP contribution >= 0.6 is 11.3 Å². The van der Waals surface area contributed by atoms with Crippen molar-refractivity contribution in [2.45, 2.75) is 20.4 Å². The number of rotatable bonds is 2. The number of nitrogens with zero attached hydrogens (tertiary/aromatic N) is 2. The van der Waals surface area contributed by atoms with E-state index in [1.165, 1.54) is 22.3 Å². The third-order valence-electron chi connectivity index (χ3n) is 2.18. The first-order valence-electron chi connectivity index (χ1n) is 4.53. The van der Waals surface area contributed by atoms with Crippen LogP contribution in [0.2, 0.25) is 0 Å². The Kier molecular flexibility index (Phi) is 2.40. The molecule has 5 heteroatoms. The standard InChI is InChI=1S/C10H10N2O2S/c1-6-3-9(13)12(10(6)14)4-8-5-15-7(2)11-8/h3,5H,4H2,1-2H3. The van der Waals surface area contributed by atoms with Gasteiger partial charge in [0.2, 0.25) is 0 Å². The number of aromatic nitrogens is 1. The maximum Gasteiger partial charge on any atom is 0.256 e. The molecule has 15 heavy (non-hydrogen) atoms. The number of hydrogen-bond acceptors (Lipinski definition) is 4. The topological polar surface area (TPSA) is 50.3 Å². The van der Waals surface area contributed by atoms with Crippen LogP contribution < -0.4 is 0 Å². The molecule has 1 aromatic rings. The normalized spacial score (nSPS) is 16.1. The molecule has 78 valence electrons. The summed E-state index contributed by atoms with van der Waals surface area (Å²) >= 11 is 1.51. The largest absolute Gasteiger partial charge is 0.269 e. The second-order valence-electron chi connectivity index (χ2n) is 3.41. The molecule has 2 heterocycles.